The van der Waals surface area contributed by atoms with Crippen molar-refractivity contribution in [3.63, 3.8) is 0 Å². The van der Waals surface area contributed by atoms with E-state index in [1.54, 1.807) is 6.20 Å². The van der Waals surface area contributed by atoms with E-state index in [0.29, 0.717) is 0 Å². The minimum Gasteiger partial charge on any atom is -0.305 e. The first kappa shape index (κ1) is 12.2. The molecule has 17 heavy (non-hydrogen) atoms. The van der Waals surface area contributed by atoms with Gasteiger partial charge >= 0.3 is 0 Å². The molecule has 0 aliphatic rings. The van der Waals surface area contributed by atoms with Gasteiger partial charge in [-0.25, -0.2) is 0 Å². The summed E-state index contributed by atoms with van der Waals surface area (Å²) < 4.78 is 1.00. The lowest BCUT2D eigenvalue weighted by Crippen LogP contribution is -2.18. The molecule has 0 aliphatic carbocycles. The van der Waals surface area contributed by atoms with Gasteiger partial charge in [0.1, 0.15) is 0 Å². The fourth-order valence-electron chi connectivity index (χ4n) is 1.52. The third-order valence-electron chi connectivity index (χ3n) is 2.56. The van der Waals surface area contributed by atoms with Crippen molar-refractivity contribution in [2.24, 2.45) is 0 Å². The number of nitrogens with zero attached hydrogens (tertiary/aromatic N) is 2. The van der Waals surface area contributed by atoms with Crippen molar-refractivity contribution >= 4 is 15.9 Å². The lowest BCUT2D eigenvalue weighted by Gasteiger charge is -2.13. The maximum Gasteiger partial charge on any atom is 0.0542 e. The zero-order chi connectivity index (χ0) is 12.1. The van der Waals surface area contributed by atoms with E-state index in [1.807, 2.05) is 30.6 Å². The van der Waals surface area contributed by atoms with Gasteiger partial charge in [0.25, 0.3) is 0 Å². The van der Waals surface area contributed by atoms with Crippen LogP contribution in [-0.4, -0.2) is 9.97 Å². The SMILES string of the molecule is C[C@H](NCc1ccc(Br)cn1)c1cccnc1. The average Bonchev–Trinajstić information content (AvgIpc) is 2.39. The van der Waals surface area contributed by atoms with Crippen molar-refractivity contribution in [1.82, 2.24) is 15.3 Å². The molecule has 4 heteroatoms. The quantitative estimate of drug-likeness (QED) is 0.941. The lowest BCUT2D eigenvalue weighted by molar-refractivity contribution is 0.566. The van der Waals surface area contributed by atoms with E-state index in [-0.39, 0.29) is 6.04 Å². The number of hydrogen-bond donors (Lipinski definition) is 1. The van der Waals surface area contributed by atoms with Crippen molar-refractivity contribution in [3.05, 3.63) is 58.6 Å². The smallest absolute Gasteiger partial charge is 0.0542 e. The number of pyridine rings is 2. The maximum absolute atomic E-state index is 4.32. The Morgan fingerprint density at radius 2 is 2.18 bits per heavy atom. The Bertz CT molecular complexity index is 456. The maximum atomic E-state index is 4.32. The van der Waals surface area contributed by atoms with Crippen molar-refractivity contribution < 1.29 is 0 Å². The molecule has 0 bridgehead atoms. The Morgan fingerprint density at radius 3 is 2.82 bits per heavy atom. The van der Waals surface area contributed by atoms with Crippen LogP contribution < -0.4 is 5.32 Å². The van der Waals surface area contributed by atoms with Gasteiger partial charge in [0.15, 0.2) is 0 Å². The topological polar surface area (TPSA) is 37.8 Å². The molecule has 2 heterocycles. The molecular formula is C13H14BrN3. The van der Waals surface area contributed by atoms with Gasteiger partial charge in [-0.15, -0.1) is 0 Å². The number of aromatic nitrogens is 2. The van der Waals surface area contributed by atoms with E-state index in [1.165, 1.54) is 5.56 Å². The van der Waals surface area contributed by atoms with E-state index in [4.69, 9.17) is 0 Å². The molecule has 2 aromatic heterocycles. The van der Waals surface area contributed by atoms with Crippen LogP contribution in [0.3, 0.4) is 0 Å². The van der Waals surface area contributed by atoms with Gasteiger partial charge in [0.2, 0.25) is 0 Å². The third kappa shape index (κ3) is 3.61. The highest BCUT2D eigenvalue weighted by Gasteiger charge is 2.04. The highest BCUT2D eigenvalue weighted by atomic mass is 79.9. The molecule has 2 rings (SSSR count). The molecule has 88 valence electrons. The van der Waals surface area contributed by atoms with Crippen LogP contribution in [0.4, 0.5) is 0 Å². The highest BCUT2D eigenvalue weighted by Crippen LogP contribution is 2.11. The Labute approximate surface area is 109 Å². The Kier molecular flexibility index (Phi) is 4.23. The Morgan fingerprint density at radius 1 is 1.29 bits per heavy atom. The van der Waals surface area contributed by atoms with Gasteiger partial charge < -0.3 is 5.32 Å². The summed E-state index contributed by atoms with van der Waals surface area (Å²) in [6.45, 7) is 2.87. The zero-order valence-electron chi connectivity index (χ0n) is 9.60. The van der Waals surface area contributed by atoms with E-state index >= 15 is 0 Å². The van der Waals surface area contributed by atoms with Crippen LogP contribution >= 0.6 is 15.9 Å². The van der Waals surface area contributed by atoms with Crippen molar-refractivity contribution in [1.29, 1.82) is 0 Å². The van der Waals surface area contributed by atoms with Gasteiger partial charge in [-0.05, 0) is 46.6 Å². The average molecular weight is 292 g/mol. The number of nitrogens with one attached hydrogen (secondary N) is 1. The summed E-state index contributed by atoms with van der Waals surface area (Å²) in [7, 11) is 0. The Balaban J connectivity index is 1.92. The summed E-state index contributed by atoms with van der Waals surface area (Å²) >= 11 is 3.37. The lowest BCUT2D eigenvalue weighted by atomic mass is 10.1. The number of halogens is 1. The summed E-state index contributed by atoms with van der Waals surface area (Å²) in [5.41, 5.74) is 2.22. The van der Waals surface area contributed by atoms with Crippen LogP contribution in [-0.2, 0) is 6.54 Å². The molecule has 2 aromatic rings. The second-order valence-corrected chi connectivity index (χ2v) is 4.77. The molecule has 0 spiro atoms. The first-order valence-corrected chi connectivity index (χ1v) is 6.29. The molecule has 0 aliphatic heterocycles. The molecule has 0 amide bonds. The first-order chi connectivity index (χ1) is 8.25. The normalized spacial score (nSPS) is 12.4. The molecule has 0 aromatic carbocycles. The van der Waals surface area contributed by atoms with Gasteiger partial charge in [0, 0.05) is 35.6 Å². The molecular weight excluding hydrogens is 278 g/mol. The molecule has 1 N–H and O–H groups in total. The molecule has 0 unspecified atom stereocenters. The monoisotopic (exact) mass is 291 g/mol. The first-order valence-electron chi connectivity index (χ1n) is 5.49. The van der Waals surface area contributed by atoms with E-state index in [0.717, 1.165) is 16.7 Å². The predicted octanol–water partition coefficient (Wildman–Crippen LogP) is 3.09. The van der Waals surface area contributed by atoms with E-state index < -0.39 is 0 Å². The van der Waals surface area contributed by atoms with Gasteiger partial charge in [-0.3, -0.25) is 9.97 Å². The van der Waals surface area contributed by atoms with Crippen LogP contribution in [0.5, 0.6) is 0 Å². The van der Waals surface area contributed by atoms with Crippen LogP contribution in [0.2, 0.25) is 0 Å². The van der Waals surface area contributed by atoms with Crippen molar-refractivity contribution in [2.45, 2.75) is 19.5 Å². The van der Waals surface area contributed by atoms with Gasteiger partial charge in [0.05, 0.1) is 5.69 Å². The summed E-state index contributed by atoms with van der Waals surface area (Å²) in [5.74, 6) is 0. The van der Waals surface area contributed by atoms with Crippen molar-refractivity contribution in [2.75, 3.05) is 0 Å². The molecule has 1 atom stereocenters. The summed E-state index contributed by atoms with van der Waals surface area (Å²) in [6.07, 6.45) is 5.48. The van der Waals surface area contributed by atoms with E-state index in [9.17, 15) is 0 Å². The van der Waals surface area contributed by atoms with Crippen LogP contribution in [0, 0.1) is 0 Å². The summed E-state index contributed by atoms with van der Waals surface area (Å²) in [5, 5.41) is 3.42. The minimum absolute atomic E-state index is 0.272. The molecule has 3 nitrogen and oxygen atoms in total. The highest BCUT2D eigenvalue weighted by molar-refractivity contribution is 9.10. The zero-order valence-corrected chi connectivity index (χ0v) is 11.2. The number of rotatable bonds is 4. The largest absolute Gasteiger partial charge is 0.305 e. The third-order valence-corrected chi connectivity index (χ3v) is 3.03. The van der Waals surface area contributed by atoms with E-state index in [2.05, 4.69) is 44.2 Å². The van der Waals surface area contributed by atoms with Gasteiger partial charge in [-0.2, -0.15) is 0 Å². The number of hydrogen-bond acceptors (Lipinski definition) is 3. The summed E-state index contributed by atoms with van der Waals surface area (Å²) in [4.78, 5) is 8.43. The van der Waals surface area contributed by atoms with Crippen LogP contribution in [0.25, 0.3) is 0 Å². The predicted molar refractivity (Wildman–Crippen MR) is 71.4 cm³/mol. The van der Waals surface area contributed by atoms with Crippen LogP contribution in [0.15, 0.2) is 47.3 Å². The Hall–Kier alpha value is -1.26. The standard InChI is InChI=1S/C13H14BrN3/c1-10(11-3-2-6-15-7-11)16-9-13-5-4-12(14)8-17-13/h2-8,10,16H,9H2,1H3/t10-/m0/s1. The molecule has 0 fully saturated rings. The fraction of sp³-hybridized carbons (Fsp3) is 0.231. The second-order valence-electron chi connectivity index (χ2n) is 3.86. The summed E-state index contributed by atoms with van der Waals surface area (Å²) in [6, 6.07) is 8.30. The molecule has 0 saturated carbocycles. The fourth-order valence-corrected chi connectivity index (χ4v) is 1.75. The molecule has 0 saturated heterocycles. The van der Waals surface area contributed by atoms with Gasteiger partial charge in [-0.1, -0.05) is 6.07 Å². The van der Waals surface area contributed by atoms with Crippen molar-refractivity contribution in [3.8, 4) is 0 Å². The minimum atomic E-state index is 0.272. The second kappa shape index (κ2) is 5.89. The van der Waals surface area contributed by atoms with Crippen LogP contribution in [0.1, 0.15) is 24.2 Å². The molecule has 0 radical (unpaired) electrons.